The van der Waals surface area contributed by atoms with Crippen LogP contribution in [0, 0.1) is 6.92 Å². The van der Waals surface area contributed by atoms with Gasteiger partial charge in [0.25, 0.3) is 0 Å². The van der Waals surface area contributed by atoms with E-state index in [9.17, 15) is 0 Å². The third-order valence-electron chi connectivity index (χ3n) is 8.27. The van der Waals surface area contributed by atoms with Crippen molar-refractivity contribution in [3.05, 3.63) is 169 Å². The molecule has 0 aromatic heterocycles. The van der Waals surface area contributed by atoms with Crippen LogP contribution in [-0.2, 0) is 0 Å². The molecule has 0 atom stereocenters. The SMILES string of the molecule is C=Cc1cccc(-c2cc(N(c3ccc(-c4ccccc4)cc3)c3ccccc3-c3ccccc3)ccc2C(C)C)c1C. The molecule has 0 bridgehead atoms. The molecule has 0 amide bonds. The molecule has 0 aliphatic heterocycles. The number of para-hydroxylation sites is 1. The second-order valence-electron chi connectivity index (χ2n) is 11.3. The van der Waals surface area contributed by atoms with Crippen molar-refractivity contribution in [3.8, 4) is 33.4 Å². The number of benzene rings is 6. The van der Waals surface area contributed by atoms with E-state index in [2.05, 4.69) is 178 Å². The molecule has 0 fully saturated rings. The van der Waals surface area contributed by atoms with Crippen molar-refractivity contribution in [3.63, 3.8) is 0 Å². The van der Waals surface area contributed by atoms with Gasteiger partial charge in [-0.25, -0.2) is 0 Å². The first kappa shape index (κ1) is 28.0. The number of nitrogens with zero attached hydrogens (tertiary/aromatic N) is 1. The van der Waals surface area contributed by atoms with E-state index < -0.39 is 0 Å². The maximum absolute atomic E-state index is 4.07. The third kappa shape index (κ3) is 5.67. The van der Waals surface area contributed by atoms with E-state index in [-0.39, 0.29) is 0 Å². The zero-order chi connectivity index (χ0) is 29.8. The molecule has 6 rings (SSSR count). The van der Waals surface area contributed by atoms with Gasteiger partial charge in [-0.05, 0) is 87.7 Å². The van der Waals surface area contributed by atoms with Gasteiger partial charge < -0.3 is 4.90 Å². The first-order chi connectivity index (χ1) is 21.0. The molecule has 0 aliphatic carbocycles. The van der Waals surface area contributed by atoms with E-state index in [4.69, 9.17) is 0 Å². The fourth-order valence-electron chi connectivity index (χ4n) is 5.98. The molecule has 0 radical (unpaired) electrons. The Morgan fingerprint density at radius 2 is 1.12 bits per heavy atom. The van der Waals surface area contributed by atoms with Gasteiger partial charge in [-0.2, -0.15) is 0 Å². The molecule has 0 saturated carbocycles. The number of rotatable bonds is 8. The highest BCUT2D eigenvalue weighted by atomic mass is 15.1. The maximum atomic E-state index is 4.07. The molecule has 0 N–H and O–H groups in total. The average Bonchev–Trinajstić information content (AvgIpc) is 3.06. The Bertz CT molecular complexity index is 1850. The van der Waals surface area contributed by atoms with Crippen LogP contribution in [0.1, 0.15) is 36.5 Å². The summed E-state index contributed by atoms with van der Waals surface area (Å²) in [6, 6.07) is 52.3. The Labute approximate surface area is 256 Å². The zero-order valence-electron chi connectivity index (χ0n) is 25.2. The van der Waals surface area contributed by atoms with Gasteiger partial charge in [0.1, 0.15) is 0 Å². The van der Waals surface area contributed by atoms with E-state index in [1.165, 1.54) is 50.1 Å². The standard InChI is InChI=1S/C42H37N/c1-5-32-19-14-21-39(31(32)4)41-29-37(27-28-38(41)30(2)3)43(36-25-23-34(24-26-36)33-15-8-6-9-16-33)42-22-13-12-20-40(42)35-17-10-7-11-18-35/h5-30H,1H2,2-4H3. The quantitative estimate of drug-likeness (QED) is 0.180. The van der Waals surface area contributed by atoms with Crippen molar-refractivity contribution in [1.82, 2.24) is 0 Å². The molecule has 0 aliphatic rings. The molecular formula is C42H37N. The summed E-state index contributed by atoms with van der Waals surface area (Å²) in [5.74, 6) is 0.381. The summed E-state index contributed by atoms with van der Waals surface area (Å²) in [5.41, 5.74) is 14.4. The first-order valence-corrected chi connectivity index (χ1v) is 15.0. The van der Waals surface area contributed by atoms with Gasteiger partial charge in [0.05, 0.1) is 5.69 Å². The molecule has 0 spiro atoms. The van der Waals surface area contributed by atoms with E-state index in [1.54, 1.807) is 0 Å². The van der Waals surface area contributed by atoms with E-state index in [0.29, 0.717) is 5.92 Å². The number of hydrogen-bond acceptors (Lipinski definition) is 1. The lowest BCUT2D eigenvalue weighted by molar-refractivity contribution is 0.868. The van der Waals surface area contributed by atoms with Gasteiger partial charge >= 0.3 is 0 Å². The second kappa shape index (κ2) is 12.4. The normalized spacial score (nSPS) is 11.0. The highest BCUT2D eigenvalue weighted by Crippen LogP contribution is 2.44. The molecule has 43 heavy (non-hydrogen) atoms. The van der Waals surface area contributed by atoms with Crippen LogP contribution in [0.25, 0.3) is 39.5 Å². The van der Waals surface area contributed by atoms with Crippen LogP contribution in [0.15, 0.2) is 152 Å². The Morgan fingerprint density at radius 1 is 0.535 bits per heavy atom. The van der Waals surface area contributed by atoms with Gasteiger partial charge in [0.2, 0.25) is 0 Å². The minimum atomic E-state index is 0.381. The van der Waals surface area contributed by atoms with E-state index in [0.717, 1.165) is 17.1 Å². The largest absolute Gasteiger partial charge is 0.310 e. The summed E-state index contributed by atoms with van der Waals surface area (Å²) in [6.07, 6.45) is 1.95. The first-order valence-electron chi connectivity index (χ1n) is 15.0. The molecule has 1 heteroatoms. The number of hydrogen-bond donors (Lipinski definition) is 0. The molecule has 210 valence electrons. The lowest BCUT2D eigenvalue weighted by Gasteiger charge is -2.29. The van der Waals surface area contributed by atoms with Crippen LogP contribution in [0.3, 0.4) is 0 Å². The predicted octanol–water partition coefficient (Wildman–Crippen LogP) is 12.2. The van der Waals surface area contributed by atoms with Gasteiger partial charge in [-0.15, -0.1) is 0 Å². The van der Waals surface area contributed by atoms with Crippen molar-refractivity contribution in [2.45, 2.75) is 26.7 Å². The van der Waals surface area contributed by atoms with Gasteiger partial charge in [-0.1, -0.05) is 142 Å². The lowest BCUT2D eigenvalue weighted by atomic mass is 9.88. The minimum absolute atomic E-state index is 0.381. The van der Waals surface area contributed by atoms with Gasteiger partial charge in [0.15, 0.2) is 0 Å². The van der Waals surface area contributed by atoms with Crippen molar-refractivity contribution < 1.29 is 0 Å². The average molecular weight is 556 g/mol. The fourth-order valence-corrected chi connectivity index (χ4v) is 5.98. The summed E-state index contributed by atoms with van der Waals surface area (Å²) in [5, 5.41) is 0. The van der Waals surface area contributed by atoms with Crippen molar-refractivity contribution in [2.24, 2.45) is 0 Å². The Balaban J connectivity index is 1.58. The van der Waals surface area contributed by atoms with Crippen LogP contribution in [0.5, 0.6) is 0 Å². The summed E-state index contributed by atoms with van der Waals surface area (Å²) in [4.78, 5) is 2.40. The predicted molar refractivity (Wildman–Crippen MR) is 186 cm³/mol. The Morgan fingerprint density at radius 3 is 1.79 bits per heavy atom. The van der Waals surface area contributed by atoms with E-state index in [1.807, 2.05) is 6.08 Å². The van der Waals surface area contributed by atoms with E-state index >= 15 is 0 Å². The summed E-state index contributed by atoms with van der Waals surface area (Å²) < 4.78 is 0. The summed E-state index contributed by atoms with van der Waals surface area (Å²) >= 11 is 0. The van der Waals surface area contributed by atoms with Crippen LogP contribution >= 0.6 is 0 Å². The van der Waals surface area contributed by atoms with Crippen LogP contribution in [-0.4, -0.2) is 0 Å². The molecule has 6 aromatic carbocycles. The van der Waals surface area contributed by atoms with Gasteiger partial charge in [0, 0.05) is 16.9 Å². The highest BCUT2D eigenvalue weighted by molar-refractivity contribution is 5.90. The molecule has 0 heterocycles. The summed E-state index contributed by atoms with van der Waals surface area (Å²) in [6.45, 7) is 10.8. The van der Waals surface area contributed by atoms with Crippen molar-refractivity contribution in [2.75, 3.05) is 4.90 Å². The molecule has 1 nitrogen and oxygen atoms in total. The second-order valence-corrected chi connectivity index (χ2v) is 11.3. The highest BCUT2D eigenvalue weighted by Gasteiger charge is 2.20. The lowest BCUT2D eigenvalue weighted by Crippen LogP contribution is -2.12. The van der Waals surface area contributed by atoms with Crippen LogP contribution in [0.2, 0.25) is 0 Å². The fraction of sp³-hybridized carbons (Fsp3) is 0.0952. The van der Waals surface area contributed by atoms with Crippen molar-refractivity contribution >= 4 is 23.1 Å². The minimum Gasteiger partial charge on any atom is -0.310 e. The maximum Gasteiger partial charge on any atom is 0.0540 e. The monoisotopic (exact) mass is 555 g/mol. The zero-order valence-corrected chi connectivity index (χ0v) is 25.2. The smallest absolute Gasteiger partial charge is 0.0540 e. The van der Waals surface area contributed by atoms with Gasteiger partial charge in [-0.3, -0.25) is 0 Å². The Kier molecular flexibility index (Phi) is 8.07. The van der Waals surface area contributed by atoms with Crippen LogP contribution in [0.4, 0.5) is 17.1 Å². The van der Waals surface area contributed by atoms with Crippen LogP contribution < -0.4 is 4.90 Å². The Hall–Kier alpha value is -5.14. The van der Waals surface area contributed by atoms with Crippen molar-refractivity contribution in [1.29, 1.82) is 0 Å². The number of anilines is 3. The molecular weight excluding hydrogens is 518 g/mol. The topological polar surface area (TPSA) is 3.24 Å². The molecule has 0 saturated heterocycles. The third-order valence-corrected chi connectivity index (χ3v) is 8.27. The molecule has 6 aromatic rings. The summed E-state index contributed by atoms with van der Waals surface area (Å²) in [7, 11) is 0. The molecule has 0 unspecified atom stereocenters.